The molecule has 0 atom stereocenters. The highest BCUT2D eigenvalue weighted by molar-refractivity contribution is 6.37. The molecule has 0 fully saturated rings. The lowest BCUT2D eigenvalue weighted by Crippen LogP contribution is -2.01. The van der Waals surface area contributed by atoms with Gasteiger partial charge in [-0.25, -0.2) is 9.37 Å². The molecular formula is C13H10Cl3FN2. The fourth-order valence-electron chi connectivity index (χ4n) is 1.65. The van der Waals surface area contributed by atoms with Gasteiger partial charge in [0, 0.05) is 17.1 Å². The Balaban J connectivity index is 2.57. The highest BCUT2D eigenvalue weighted by Gasteiger charge is 2.12. The predicted molar refractivity (Wildman–Crippen MR) is 78.8 cm³/mol. The van der Waals surface area contributed by atoms with E-state index < -0.39 is 5.82 Å². The van der Waals surface area contributed by atoms with Gasteiger partial charge in [-0.05, 0) is 31.2 Å². The van der Waals surface area contributed by atoms with E-state index in [-0.39, 0.29) is 5.02 Å². The molecule has 0 saturated carbocycles. The SMILES string of the molecule is CCNc1nc(-c2cc(F)cc(Cl)c2)c(Cl)cc1Cl. The summed E-state index contributed by atoms with van der Waals surface area (Å²) >= 11 is 18.0. The van der Waals surface area contributed by atoms with Crippen LogP contribution in [0.1, 0.15) is 6.92 Å². The number of aromatic nitrogens is 1. The molecule has 2 aromatic rings. The molecule has 19 heavy (non-hydrogen) atoms. The number of hydrogen-bond donors (Lipinski definition) is 1. The van der Waals surface area contributed by atoms with Crippen LogP contribution in [0, 0.1) is 5.82 Å². The van der Waals surface area contributed by atoms with E-state index in [2.05, 4.69) is 10.3 Å². The highest BCUT2D eigenvalue weighted by atomic mass is 35.5. The molecule has 100 valence electrons. The van der Waals surface area contributed by atoms with Crippen molar-refractivity contribution in [3.8, 4) is 11.3 Å². The second-order valence-corrected chi connectivity index (χ2v) is 5.09. The molecule has 0 radical (unpaired) electrons. The van der Waals surface area contributed by atoms with Crippen LogP contribution in [0.2, 0.25) is 15.1 Å². The molecule has 0 aliphatic carbocycles. The lowest BCUT2D eigenvalue weighted by Gasteiger charge is -2.10. The Morgan fingerprint density at radius 1 is 1.11 bits per heavy atom. The van der Waals surface area contributed by atoms with Gasteiger partial charge < -0.3 is 5.32 Å². The van der Waals surface area contributed by atoms with Crippen LogP contribution in [-0.2, 0) is 0 Å². The second kappa shape index (κ2) is 5.95. The van der Waals surface area contributed by atoms with Crippen LogP contribution >= 0.6 is 34.8 Å². The van der Waals surface area contributed by atoms with Gasteiger partial charge in [-0.2, -0.15) is 0 Å². The molecule has 0 aliphatic rings. The number of halogens is 4. The third-order valence-electron chi connectivity index (χ3n) is 2.41. The topological polar surface area (TPSA) is 24.9 Å². The third kappa shape index (κ3) is 3.30. The van der Waals surface area contributed by atoms with Crippen LogP contribution in [-0.4, -0.2) is 11.5 Å². The molecule has 0 aliphatic heterocycles. The summed E-state index contributed by atoms with van der Waals surface area (Å²) in [5.74, 6) is 0.0595. The normalized spacial score (nSPS) is 10.6. The van der Waals surface area contributed by atoms with Gasteiger partial charge in [0.2, 0.25) is 0 Å². The van der Waals surface area contributed by atoms with E-state index >= 15 is 0 Å². The maximum Gasteiger partial charge on any atom is 0.145 e. The van der Waals surface area contributed by atoms with E-state index in [0.29, 0.717) is 33.7 Å². The van der Waals surface area contributed by atoms with Gasteiger partial charge in [-0.1, -0.05) is 34.8 Å². The molecular weight excluding hydrogens is 310 g/mol. The van der Waals surface area contributed by atoms with Crippen LogP contribution in [0.25, 0.3) is 11.3 Å². The van der Waals surface area contributed by atoms with Gasteiger partial charge in [0.1, 0.15) is 11.6 Å². The first-order valence-corrected chi connectivity index (χ1v) is 6.71. The van der Waals surface area contributed by atoms with Crippen molar-refractivity contribution in [1.82, 2.24) is 4.98 Å². The summed E-state index contributed by atoms with van der Waals surface area (Å²) in [6.07, 6.45) is 0. The van der Waals surface area contributed by atoms with E-state index in [1.54, 1.807) is 12.1 Å². The third-order valence-corrected chi connectivity index (χ3v) is 3.20. The number of anilines is 1. The number of hydrogen-bond acceptors (Lipinski definition) is 2. The quantitative estimate of drug-likeness (QED) is 0.832. The Kier molecular flexibility index (Phi) is 4.50. The number of nitrogens with zero attached hydrogens (tertiary/aromatic N) is 1. The van der Waals surface area contributed by atoms with Crippen molar-refractivity contribution in [2.45, 2.75) is 6.92 Å². The van der Waals surface area contributed by atoms with E-state index in [0.717, 1.165) is 0 Å². The van der Waals surface area contributed by atoms with E-state index in [1.165, 1.54) is 12.1 Å². The molecule has 2 nitrogen and oxygen atoms in total. The summed E-state index contributed by atoms with van der Waals surface area (Å²) in [6.45, 7) is 2.59. The standard InChI is InChI=1S/C13H10Cl3FN2/c1-2-18-13-11(16)6-10(15)12(19-13)7-3-8(14)5-9(17)4-7/h3-6H,2H2,1H3,(H,18,19). The average molecular weight is 320 g/mol. The Morgan fingerprint density at radius 2 is 1.84 bits per heavy atom. The smallest absolute Gasteiger partial charge is 0.145 e. The zero-order valence-corrected chi connectivity index (χ0v) is 12.2. The van der Waals surface area contributed by atoms with Crippen LogP contribution in [0.3, 0.4) is 0 Å². The average Bonchev–Trinajstić information content (AvgIpc) is 2.31. The Morgan fingerprint density at radius 3 is 2.47 bits per heavy atom. The van der Waals surface area contributed by atoms with Gasteiger partial charge >= 0.3 is 0 Å². The first-order valence-electron chi connectivity index (χ1n) is 5.57. The number of pyridine rings is 1. The monoisotopic (exact) mass is 318 g/mol. The van der Waals surface area contributed by atoms with Gasteiger partial charge in [0.05, 0.1) is 15.7 Å². The highest BCUT2D eigenvalue weighted by Crippen LogP contribution is 2.33. The maximum atomic E-state index is 13.4. The zero-order chi connectivity index (χ0) is 14.0. The lowest BCUT2D eigenvalue weighted by molar-refractivity contribution is 0.628. The molecule has 2 rings (SSSR count). The summed E-state index contributed by atoms with van der Waals surface area (Å²) < 4.78 is 13.4. The molecule has 0 amide bonds. The number of rotatable bonds is 3. The molecule has 0 spiro atoms. The minimum absolute atomic E-state index is 0.285. The molecule has 1 aromatic heterocycles. The number of nitrogens with one attached hydrogen (secondary N) is 1. The van der Waals surface area contributed by atoms with Crippen LogP contribution in [0.5, 0.6) is 0 Å². The summed E-state index contributed by atoms with van der Waals surface area (Å²) in [7, 11) is 0. The molecule has 0 bridgehead atoms. The predicted octanol–water partition coefficient (Wildman–Crippen LogP) is 5.28. The van der Waals surface area contributed by atoms with Crippen molar-refractivity contribution in [3.63, 3.8) is 0 Å². The zero-order valence-electron chi connectivity index (χ0n) is 9.98. The van der Waals surface area contributed by atoms with Crippen molar-refractivity contribution in [2.24, 2.45) is 0 Å². The van der Waals surface area contributed by atoms with Crippen LogP contribution in [0.15, 0.2) is 24.3 Å². The van der Waals surface area contributed by atoms with Crippen molar-refractivity contribution in [1.29, 1.82) is 0 Å². The number of benzene rings is 1. The summed E-state index contributed by atoms with van der Waals surface area (Å²) in [6, 6.07) is 5.72. The van der Waals surface area contributed by atoms with Crippen LogP contribution < -0.4 is 5.32 Å². The molecule has 1 N–H and O–H groups in total. The fraction of sp³-hybridized carbons (Fsp3) is 0.154. The Hall–Kier alpha value is -1.03. The van der Waals surface area contributed by atoms with E-state index in [9.17, 15) is 4.39 Å². The Labute approximate surface area is 125 Å². The molecule has 6 heteroatoms. The van der Waals surface area contributed by atoms with E-state index in [4.69, 9.17) is 34.8 Å². The fourth-order valence-corrected chi connectivity index (χ4v) is 2.41. The van der Waals surface area contributed by atoms with E-state index in [1.807, 2.05) is 6.92 Å². The van der Waals surface area contributed by atoms with Crippen molar-refractivity contribution < 1.29 is 4.39 Å². The van der Waals surface area contributed by atoms with Gasteiger partial charge in [-0.15, -0.1) is 0 Å². The molecule has 1 heterocycles. The minimum atomic E-state index is -0.444. The minimum Gasteiger partial charge on any atom is -0.369 e. The molecule has 0 unspecified atom stereocenters. The van der Waals surface area contributed by atoms with Crippen LogP contribution in [0.4, 0.5) is 10.2 Å². The molecule has 0 saturated heterocycles. The van der Waals surface area contributed by atoms with Gasteiger partial charge in [0.25, 0.3) is 0 Å². The largest absolute Gasteiger partial charge is 0.369 e. The first kappa shape index (κ1) is 14.4. The van der Waals surface area contributed by atoms with Crippen molar-refractivity contribution in [3.05, 3.63) is 45.2 Å². The second-order valence-electron chi connectivity index (χ2n) is 3.84. The lowest BCUT2D eigenvalue weighted by atomic mass is 10.1. The van der Waals surface area contributed by atoms with Gasteiger partial charge in [-0.3, -0.25) is 0 Å². The molecule has 1 aromatic carbocycles. The first-order chi connectivity index (χ1) is 9.01. The Bertz CT molecular complexity index is 597. The summed E-state index contributed by atoms with van der Waals surface area (Å²) in [5.41, 5.74) is 0.939. The van der Waals surface area contributed by atoms with Crippen molar-refractivity contribution in [2.75, 3.05) is 11.9 Å². The summed E-state index contributed by atoms with van der Waals surface area (Å²) in [4.78, 5) is 4.31. The van der Waals surface area contributed by atoms with Crippen molar-refractivity contribution >= 4 is 40.6 Å². The summed E-state index contributed by atoms with van der Waals surface area (Å²) in [5, 5.41) is 4.05. The van der Waals surface area contributed by atoms with Gasteiger partial charge in [0.15, 0.2) is 0 Å². The maximum absolute atomic E-state index is 13.4.